The van der Waals surface area contributed by atoms with Crippen molar-refractivity contribution >= 4 is 5.82 Å². The van der Waals surface area contributed by atoms with Crippen LogP contribution in [0.4, 0.5) is 5.82 Å². The third-order valence-electron chi connectivity index (χ3n) is 4.14. The highest BCUT2D eigenvalue weighted by molar-refractivity contribution is 5.66. The third-order valence-corrected chi connectivity index (χ3v) is 4.14. The standard InChI is InChI=1S/C13H19N5O/c1-3-8-4-5-9(6-8)12-16-13(19-17-12)10-7-15-18(2)11(10)14/h7-9H,3-6,14H2,1-2H3. The Kier molecular flexibility index (Phi) is 3.00. The van der Waals surface area contributed by atoms with Crippen molar-refractivity contribution in [3.8, 4) is 11.5 Å². The van der Waals surface area contributed by atoms with Crippen LogP contribution >= 0.6 is 0 Å². The molecular formula is C13H19N5O. The molecule has 1 saturated carbocycles. The summed E-state index contributed by atoms with van der Waals surface area (Å²) in [5.74, 6) is 3.07. The molecule has 0 saturated heterocycles. The van der Waals surface area contributed by atoms with E-state index in [9.17, 15) is 0 Å². The Morgan fingerprint density at radius 2 is 2.32 bits per heavy atom. The van der Waals surface area contributed by atoms with Gasteiger partial charge in [0.25, 0.3) is 5.89 Å². The molecule has 0 spiro atoms. The van der Waals surface area contributed by atoms with Crippen LogP contribution in [0.15, 0.2) is 10.7 Å². The number of hydrogen-bond acceptors (Lipinski definition) is 5. The summed E-state index contributed by atoms with van der Waals surface area (Å²) in [5.41, 5.74) is 6.63. The van der Waals surface area contributed by atoms with Crippen LogP contribution in [0.2, 0.25) is 0 Å². The van der Waals surface area contributed by atoms with Crippen LogP contribution in [-0.4, -0.2) is 19.9 Å². The van der Waals surface area contributed by atoms with Gasteiger partial charge in [-0.15, -0.1) is 0 Å². The molecule has 0 aromatic carbocycles. The van der Waals surface area contributed by atoms with E-state index in [4.69, 9.17) is 10.3 Å². The van der Waals surface area contributed by atoms with Gasteiger partial charge in [-0.3, -0.25) is 4.68 Å². The number of hydrogen-bond donors (Lipinski definition) is 1. The number of rotatable bonds is 3. The summed E-state index contributed by atoms with van der Waals surface area (Å²) in [6.07, 6.45) is 6.48. The molecule has 2 unspecified atom stereocenters. The average molecular weight is 261 g/mol. The monoisotopic (exact) mass is 261 g/mol. The van der Waals surface area contributed by atoms with E-state index in [1.807, 2.05) is 0 Å². The Labute approximate surface area is 112 Å². The molecular weight excluding hydrogens is 242 g/mol. The summed E-state index contributed by atoms with van der Waals surface area (Å²) >= 11 is 0. The van der Waals surface area contributed by atoms with Crippen molar-refractivity contribution in [2.45, 2.75) is 38.5 Å². The molecule has 2 aromatic rings. The van der Waals surface area contributed by atoms with Crippen LogP contribution in [0.1, 0.15) is 44.3 Å². The molecule has 2 heterocycles. The van der Waals surface area contributed by atoms with E-state index in [0.717, 1.165) is 24.6 Å². The second-order valence-electron chi connectivity index (χ2n) is 5.31. The minimum Gasteiger partial charge on any atom is -0.383 e. The Bertz CT molecular complexity index is 573. The second-order valence-corrected chi connectivity index (χ2v) is 5.31. The van der Waals surface area contributed by atoms with Gasteiger partial charge in [-0.2, -0.15) is 10.1 Å². The fourth-order valence-electron chi connectivity index (χ4n) is 2.80. The number of anilines is 1. The normalized spacial score (nSPS) is 23.1. The molecule has 1 aliphatic rings. The van der Waals surface area contributed by atoms with E-state index < -0.39 is 0 Å². The van der Waals surface area contributed by atoms with Crippen molar-refractivity contribution in [3.05, 3.63) is 12.0 Å². The summed E-state index contributed by atoms with van der Waals surface area (Å²) in [6, 6.07) is 0. The maximum Gasteiger partial charge on any atom is 0.263 e. The minimum absolute atomic E-state index is 0.431. The zero-order valence-electron chi connectivity index (χ0n) is 11.3. The van der Waals surface area contributed by atoms with Crippen molar-refractivity contribution in [3.63, 3.8) is 0 Å². The van der Waals surface area contributed by atoms with Gasteiger partial charge in [0.2, 0.25) is 0 Å². The number of aromatic nitrogens is 4. The topological polar surface area (TPSA) is 82.8 Å². The molecule has 2 aromatic heterocycles. The highest BCUT2D eigenvalue weighted by Crippen LogP contribution is 2.39. The van der Waals surface area contributed by atoms with Gasteiger partial charge >= 0.3 is 0 Å². The molecule has 1 aliphatic carbocycles. The Hall–Kier alpha value is -1.85. The van der Waals surface area contributed by atoms with Gasteiger partial charge in [-0.25, -0.2) is 0 Å². The van der Waals surface area contributed by atoms with E-state index in [0.29, 0.717) is 23.2 Å². The van der Waals surface area contributed by atoms with Crippen LogP contribution < -0.4 is 5.73 Å². The van der Waals surface area contributed by atoms with Crippen LogP contribution in [0.25, 0.3) is 11.5 Å². The van der Waals surface area contributed by atoms with Crippen LogP contribution in [0.5, 0.6) is 0 Å². The fourth-order valence-corrected chi connectivity index (χ4v) is 2.80. The lowest BCUT2D eigenvalue weighted by Crippen LogP contribution is -1.99. The summed E-state index contributed by atoms with van der Waals surface area (Å²) in [7, 11) is 1.79. The van der Waals surface area contributed by atoms with Gasteiger partial charge in [-0.05, 0) is 25.2 Å². The van der Waals surface area contributed by atoms with Crippen LogP contribution in [-0.2, 0) is 7.05 Å². The maximum absolute atomic E-state index is 5.91. The highest BCUT2D eigenvalue weighted by atomic mass is 16.5. The highest BCUT2D eigenvalue weighted by Gasteiger charge is 2.28. The van der Waals surface area contributed by atoms with Gasteiger partial charge < -0.3 is 10.3 Å². The lowest BCUT2D eigenvalue weighted by atomic mass is 10.0. The molecule has 0 aliphatic heterocycles. The van der Waals surface area contributed by atoms with E-state index in [1.165, 1.54) is 12.8 Å². The summed E-state index contributed by atoms with van der Waals surface area (Å²) < 4.78 is 6.93. The Morgan fingerprint density at radius 1 is 1.47 bits per heavy atom. The first kappa shape index (κ1) is 12.2. The number of aryl methyl sites for hydroxylation is 1. The van der Waals surface area contributed by atoms with Crippen LogP contribution in [0, 0.1) is 5.92 Å². The van der Waals surface area contributed by atoms with Gasteiger partial charge in [0, 0.05) is 13.0 Å². The zero-order chi connectivity index (χ0) is 13.4. The molecule has 2 N–H and O–H groups in total. The summed E-state index contributed by atoms with van der Waals surface area (Å²) in [5, 5.41) is 8.20. The third kappa shape index (κ3) is 2.11. The first-order valence-corrected chi connectivity index (χ1v) is 6.80. The average Bonchev–Trinajstić information content (AvgIpc) is 3.11. The lowest BCUT2D eigenvalue weighted by Gasteiger charge is -2.04. The molecule has 0 bridgehead atoms. The maximum atomic E-state index is 5.91. The molecule has 102 valence electrons. The first-order chi connectivity index (χ1) is 9.19. The molecule has 3 rings (SSSR count). The van der Waals surface area contributed by atoms with E-state index in [1.54, 1.807) is 17.9 Å². The molecule has 0 radical (unpaired) electrons. The minimum atomic E-state index is 0.431. The summed E-state index contributed by atoms with van der Waals surface area (Å²) in [6.45, 7) is 2.24. The first-order valence-electron chi connectivity index (χ1n) is 6.80. The quantitative estimate of drug-likeness (QED) is 0.916. The molecule has 19 heavy (non-hydrogen) atoms. The molecule has 0 amide bonds. The van der Waals surface area contributed by atoms with Gasteiger partial charge in [-0.1, -0.05) is 18.5 Å². The van der Waals surface area contributed by atoms with Crippen molar-refractivity contribution in [2.24, 2.45) is 13.0 Å². The number of nitrogens with zero attached hydrogens (tertiary/aromatic N) is 4. The number of nitrogen functional groups attached to an aromatic ring is 1. The largest absolute Gasteiger partial charge is 0.383 e. The van der Waals surface area contributed by atoms with E-state index in [2.05, 4.69) is 22.2 Å². The van der Waals surface area contributed by atoms with Crippen molar-refractivity contribution < 1.29 is 4.52 Å². The Morgan fingerprint density at radius 3 is 2.95 bits per heavy atom. The van der Waals surface area contributed by atoms with Gasteiger partial charge in [0.15, 0.2) is 5.82 Å². The molecule has 6 heteroatoms. The van der Waals surface area contributed by atoms with Crippen molar-refractivity contribution in [1.29, 1.82) is 0 Å². The predicted molar refractivity (Wildman–Crippen MR) is 71.3 cm³/mol. The molecule has 2 atom stereocenters. The predicted octanol–water partition coefficient (Wildman–Crippen LogP) is 2.35. The zero-order valence-corrected chi connectivity index (χ0v) is 11.3. The lowest BCUT2D eigenvalue weighted by molar-refractivity contribution is 0.414. The van der Waals surface area contributed by atoms with Crippen LogP contribution in [0.3, 0.4) is 0 Å². The SMILES string of the molecule is CCC1CCC(c2noc(-c3cnn(C)c3N)n2)C1. The second kappa shape index (κ2) is 4.68. The van der Waals surface area contributed by atoms with Crippen molar-refractivity contribution in [1.82, 2.24) is 19.9 Å². The molecule has 1 fully saturated rings. The fraction of sp³-hybridized carbons (Fsp3) is 0.615. The van der Waals surface area contributed by atoms with E-state index in [-0.39, 0.29) is 0 Å². The Balaban J connectivity index is 1.82. The van der Waals surface area contributed by atoms with E-state index >= 15 is 0 Å². The number of nitrogens with two attached hydrogens (primary N) is 1. The smallest absolute Gasteiger partial charge is 0.263 e. The molecule has 6 nitrogen and oxygen atoms in total. The van der Waals surface area contributed by atoms with Crippen molar-refractivity contribution in [2.75, 3.05) is 5.73 Å². The van der Waals surface area contributed by atoms with Gasteiger partial charge in [0.1, 0.15) is 11.4 Å². The summed E-state index contributed by atoms with van der Waals surface area (Å²) in [4.78, 5) is 4.49. The van der Waals surface area contributed by atoms with Gasteiger partial charge in [0.05, 0.1) is 6.20 Å².